The summed E-state index contributed by atoms with van der Waals surface area (Å²) in [7, 11) is 0. The molecule has 0 saturated carbocycles. The van der Waals surface area contributed by atoms with Crippen LogP contribution in [-0.4, -0.2) is 16.1 Å². The predicted molar refractivity (Wildman–Crippen MR) is 76.3 cm³/mol. The first-order chi connectivity index (χ1) is 8.90. The Morgan fingerprint density at radius 2 is 1.89 bits per heavy atom. The number of aryl methyl sites for hydroxylation is 3. The maximum Gasteiger partial charge on any atom is 0.257 e. The van der Waals surface area contributed by atoms with Gasteiger partial charge in [0.25, 0.3) is 5.91 Å². The molecule has 1 aromatic heterocycles. The molecule has 0 unspecified atom stereocenters. The number of nitrogens with zero attached hydrogens (tertiary/aromatic N) is 1. The Kier molecular flexibility index (Phi) is 3.29. The van der Waals surface area contributed by atoms with E-state index in [9.17, 15) is 4.79 Å². The second kappa shape index (κ2) is 4.76. The third-order valence-electron chi connectivity index (χ3n) is 3.34. The van der Waals surface area contributed by atoms with Crippen molar-refractivity contribution in [2.75, 3.05) is 11.1 Å². The summed E-state index contributed by atoms with van der Waals surface area (Å²) in [6.45, 7) is 7.63. The number of amides is 1. The van der Waals surface area contributed by atoms with Gasteiger partial charge < -0.3 is 11.1 Å². The minimum atomic E-state index is -0.196. The topological polar surface area (TPSA) is 83.8 Å². The lowest BCUT2D eigenvalue weighted by atomic mass is 10.0. The summed E-state index contributed by atoms with van der Waals surface area (Å²) in [5.41, 5.74) is 10.8. The largest absolute Gasteiger partial charge is 0.398 e. The summed E-state index contributed by atoms with van der Waals surface area (Å²) in [6.07, 6.45) is 0. The quantitative estimate of drug-likeness (QED) is 0.723. The number of carbonyl (C=O) groups is 1. The van der Waals surface area contributed by atoms with E-state index in [0.717, 1.165) is 22.4 Å². The van der Waals surface area contributed by atoms with E-state index in [4.69, 9.17) is 5.73 Å². The van der Waals surface area contributed by atoms with Crippen LogP contribution in [0.15, 0.2) is 12.1 Å². The molecule has 100 valence electrons. The highest BCUT2D eigenvalue weighted by Crippen LogP contribution is 2.20. The number of nitrogen functional groups attached to an aromatic ring is 1. The molecule has 0 fully saturated rings. The van der Waals surface area contributed by atoms with Gasteiger partial charge in [-0.15, -0.1) is 0 Å². The van der Waals surface area contributed by atoms with Crippen molar-refractivity contribution in [1.29, 1.82) is 0 Å². The van der Waals surface area contributed by atoms with E-state index in [1.165, 1.54) is 0 Å². The molecular formula is C14H18N4O. The van der Waals surface area contributed by atoms with Crippen LogP contribution >= 0.6 is 0 Å². The van der Waals surface area contributed by atoms with Crippen LogP contribution in [-0.2, 0) is 0 Å². The van der Waals surface area contributed by atoms with Gasteiger partial charge in [-0.3, -0.25) is 9.89 Å². The standard InChI is InChI=1S/C14H18N4O/c1-7-5-8(2)12(15)6-11(7)14(19)16-13-9(3)10(4)17-18-13/h5-6H,15H2,1-4H3,(H2,16,17,18,19). The summed E-state index contributed by atoms with van der Waals surface area (Å²) in [5, 5.41) is 9.70. The zero-order valence-corrected chi connectivity index (χ0v) is 11.6. The number of anilines is 2. The molecule has 5 heteroatoms. The molecule has 2 rings (SSSR count). The number of H-pyrrole nitrogens is 1. The van der Waals surface area contributed by atoms with Crippen molar-refractivity contribution in [2.45, 2.75) is 27.7 Å². The van der Waals surface area contributed by atoms with Gasteiger partial charge in [0, 0.05) is 22.5 Å². The molecule has 1 amide bonds. The molecule has 0 radical (unpaired) electrons. The normalized spacial score (nSPS) is 10.5. The smallest absolute Gasteiger partial charge is 0.257 e. The first-order valence-corrected chi connectivity index (χ1v) is 6.09. The van der Waals surface area contributed by atoms with Crippen molar-refractivity contribution in [1.82, 2.24) is 10.2 Å². The maximum absolute atomic E-state index is 12.2. The number of aromatic nitrogens is 2. The Hall–Kier alpha value is -2.30. The van der Waals surface area contributed by atoms with Crippen molar-refractivity contribution in [3.63, 3.8) is 0 Å². The number of hydrogen-bond donors (Lipinski definition) is 3. The first kappa shape index (κ1) is 13.1. The van der Waals surface area contributed by atoms with Crippen LogP contribution in [0.2, 0.25) is 0 Å². The summed E-state index contributed by atoms with van der Waals surface area (Å²) >= 11 is 0. The van der Waals surface area contributed by atoms with Crippen molar-refractivity contribution in [2.24, 2.45) is 0 Å². The third kappa shape index (κ3) is 2.45. The van der Waals surface area contributed by atoms with Crippen molar-refractivity contribution in [3.8, 4) is 0 Å². The van der Waals surface area contributed by atoms with E-state index in [1.54, 1.807) is 6.07 Å². The van der Waals surface area contributed by atoms with Gasteiger partial charge in [0.1, 0.15) is 0 Å². The van der Waals surface area contributed by atoms with Crippen LogP contribution in [0.5, 0.6) is 0 Å². The Morgan fingerprint density at radius 3 is 2.47 bits per heavy atom. The van der Waals surface area contributed by atoms with Crippen LogP contribution in [0, 0.1) is 27.7 Å². The molecule has 0 bridgehead atoms. The fourth-order valence-corrected chi connectivity index (χ4v) is 1.90. The predicted octanol–water partition coefficient (Wildman–Crippen LogP) is 2.48. The molecule has 0 spiro atoms. The average molecular weight is 258 g/mol. The van der Waals surface area contributed by atoms with Crippen molar-refractivity contribution >= 4 is 17.4 Å². The van der Waals surface area contributed by atoms with Gasteiger partial charge in [0.15, 0.2) is 5.82 Å². The molecule has 1 heterocycles. The molecule has 19 heavy (non-hydrogen) atoms. The number of benzene rings is 1. The van der Waals surface area contributed by atoms with Crippen LogP contribution in [0.25, 0.3) is 0 Å². The summed E-state index contributed by atoms with van der Waals surface area (Å²) in [5.74, 6) is 0.361. The SMILES string of the molecule is Cc1cc(C)c(C(=O)Nc2n[nH]c(C)c2C)cc1N. The van der Waals surface area contributed by atoms with Gasteiger partial charge >= 0.3 is 0 Å². The lowest BCUT2D eigenvalue weighted by Crippen LogP contribution is -2.15. The molecule has 1 aromatic carbocycles. The Morgan fingerprint density at radius 1 is 1.21 bits per heavy atom. The number of nitrogens with two attached hydrogens (primary N) is 1. The lowest BCUT2D eigenvalue weighted by molar-refractivity contribution is 0.102. The number of hydrogen-bond acceptors (Lipinski definition) is 3. The van der Waals surface area contributed by atoms with Gasteiger partial charge in [-0.2, -0.15) is 5.10 Å². The highest BCUT2D eigenvalue weighted by molar-refractivity contribution is 6.05. The van der Waals surface area contributed by atoms with E-state index < -0.39 is 0 Å². The fraction of sp³-hybridized carbons (Fsp3) is 0.286. The summed E-state index contributed by atoms with van der Waals surface area (Å²) < 4.78 is 0. The second-order valence-electron chi connectivity index (χ2n) is 4.80. The van der Waals surface area contributed by atoms with E-state index >= 15 is 0 Å². The van der Waals surface area contributed by atoms with E-state index in [2.05, 4.69) is 15.5 Å². The van der Waals surface area contributed by atoms with Gasteiger partial charge in [-0.1, -0.05) is 6.07 Å². The maximum atomic E-state index is 12.2. The molecule has 4 N–H and O–H groups in total. The first-order valence-electron chi connectivity index (χ1n) is 6.09. The number of aromatic amines is 1. The number of carbonyl (C=O) groups excluding carboxylic acids is 1. The van der Waals surface area contributed by atoms with E-state index in [-0.39, 0.29) is 5.91 Å². The van der Waals surface area contributed by atoms with Crippen LogP contribution < -0.4 is 11.1 Å². The average Bonchev–Trinajstić information content (AvgIpc) is 2.65. The number of nitrogens with one attached hydrogen (secondary N) is 2. The van der Waals surface area contributed by atoms with E-state index in [0.29, 0.717) is 17.1 Å². The second-order valence-corrected chi connectivity index (χ2v) is 4.80. The van der Waals surface area contributed by atoms with Gasteiger partial charge in [-0.25, -0.2) is 0 Å². The van der Waals surface area contributed by atoms with Gasteiger partial charge in [-0.05, 0) is 44.9 Å². The third-order valence-corrected chi connectivity index (χ3v) is 3.34. The van der Waals surface area contributed by atoms with Gasteiger partial charge in [0.05, 0.1) is 0 Å². The Labute approximate surface area is 112 Å². The zero-order chi connectivity index (χ0) is 14.2. The molecule has 0 aliphatic rings. The van der Waals surface area contributed by atoms with E-state index in [1.807, 2.05) is 33.8 Å². The number of rotatable bonds is 2. The lowest BCUT2D eigenvalue weighted by Gasteiger charge is -2.09. The van der Waals surface area contributed by atoms with Crippen molar-refractivity contribution in [3.05, 3.63) is 40.1 Å². The van der Waals surface area contributed by atoms with Crippen LogP contribution in [0.4, 0.5) is 11.5 Å². The fourth-order valence-electron chi connectivity index (χ4n) is 1.90. The minimum Gasteiger partial charge on any atom is -0.398 e. The van der Waals surface area contributed by atoms with Crippen LogP contribution in [0.1, 0.15) is 32.7 Å². The van der Waals surface area contributed by atoms with Gasteiger partial charge in [0.2, 0.25) is 0 Å². The van der Waals surface area contributed by atoms with Crippen LogP contribution in [0.3, 0.4) is 0 Å². The monoisotopic (exact) mass is 258 g/mol. The Bertz CT molecular complexity index is 643. The molecular weight excluding hydrogens is 240 g/mol. The summed E-state index contributed by atoms with van der Waals surface area (Å²) in [4.78, 5) is 12.2. The highest BCUT2D eigenvalue weighted by Gasteiger charge is 2.14. The Balaban J connectivity index is 2.30. The molecule has 0 aliphatic heterocycles. The molecule has 0 aliphatic carbocycles. The zero-order valence-electron chi connectivity index (χ0n) is 11.6. The molecule has 0 atom stereocenters. The molecule has 5 nitrogen and oxygen atoms in total. The highest BCUT2D eigenvalue weighted by atomic mass is 16.1. The van der Waals surface area contributed by atoms with Crippen molar-refractivity contribution < 1.29 is 4.79 Å². The minimum absolute atomic E-state index is 0.196. The molecule has 0 saturated heterocycles. The molecule has 2 aromatic rings. The summed E-state index contributed by atoms with van der Waals surface area (Å²) in [6, 6.07) is 3.61.